The predicted molar refractivity (Wildman–Crippen MR) is 105 cm³/mol. The summed E-state index contributed by atoms with van der Waals surface area (Å²) in [5.74, 6) is -1.39. The Bertz CT molecular complexity index is 898. The van der Waals surface area contributed by atoms with E-state index >= 15 is 0 Å². The number of carboxylic acids is 1. The lowest BCUT2D eigenvalue weighted by Crippen LogP contribution is -2.26. The maximum absolute atomic E-state index is 11.6. The van der Waals surface area contributed by atoms with Crippen LogP contribution in [0.4, 0.5) is 0 Å². The second-order valence-corrected chi connectivity index (χ2v) is 7.33. The molecule has 0 aliphatic carbocycles. The molecule has 1 atom stereocenters. The van der Waals surface area contributed by atoms with Gasteiger partial charge < -0.3 is 10.4 Å². The molecule has 2 heterocycles. The number of carbonyl (C=O) groups is 2. The van der Waals surface area contributed by atoms with E-state index in [0.717, 1.165) is 34.9 Å². The molecular formula is C18H15ClN4O3S. The van der Waals surface area contributed by atoms with E-state index in [1.165, 1.54) is 0 Å². The molecule has 1 unspecified atom stereocenters. The average molecular weight is 403 g/mol. The third-order valence-electron chi connectivity index (χ3n) is 3.67. The standard InChI is InChI=1S/C18H15ClN4O3S/c19-15-6-5-13(9-20-15)7-11-1-3-12(4-2-11)10-21-23-18-22-17(26)14(27-18)8-16(24)25/h1-6,9-10,14H,7-8H2,(H,24,25)(H,22,23,26). The highest BCUT2D eigenvalue weighted by Gasteiger charge is 2.32. The molecule has 2 aromatic rings. The summed E-state index contributed by atoms with van der Waals surface area (Å²) in [5, 5.41) is 19.3. The third kappa shape index (κ3) is 5.63. The van der Waals surface area contributed by atoms with Gasteiger partial charge in [-0.15, -0.1) is 5.10 Å². The molecule has 1 saturated heterocycles. The van der Waals surface area contributed by atoms with Gasteiger partial charge in [-0.3, -0.25) is 9.59 Å². The zero-order valence-corrected chi connectivity index (χ0v) is 15.6. The maximum atomic E-state index is 11.6. The summed E-state index contributed by atoms with van der Waals surface area (Å²) in [6.45, 7) is 0. The first-order chi connectivity index (χ1) is 13.0. The van der Waals surface area contributed by atoms with Crippen LogP contribution in [0, 0.1) is 0 Å². The molecule has 1 aliphatic rings. The van der Waals surface area contributed by atoms with Crippen molar-refractivity contribution in [2.75, 3.05) is 0 Å². The lowest BCUT2D eigenvalue weighted by Gasteiger charge is -2.02. The molecule has 9 heteroatoms. The Morgan fingerprint density at radius 1 is 1.26 bits per heavy atom. The fraction of sp³-hybridized carbons (Fsp3) is 0.167. The van der Waals surface area contributed by atoms with Gasteiger partial charge >= 0.3 is 5.97 Å². The summed E-state index contributed by atoms with van der Waals surface area (Å²) in [5.41, 5.74) is 3.04. The van der Waals surface area contributed by atoms with Crippen LogP contribution in [0.3, 0.4) is 0 Å². The number of aromatic nitrogens is 1. The number of hydrogen-bond acceptors (Lipinski definition) is 6. The van der Waals surface area contributed by atoms with Gasteiger partial charge in [0.2, 0.25) is 5.91 Å². The summed E-state index contributed by atoms with van der Waals surface area (Å²) in [7, 11) is 0. The summed E-state index contributed by atoms with van der Waals surface area (Å²) < 4.78 is 0. The van der Waals surface area contributed by atoms with Gasteiger partial charge in [-0.1, -0.05) is 53.7 Å². The Kier molecular flexibility index (Phi) is 6.20. The number of pyridine rings is 1. The minimum absolute atomic E-state index is 0.246. The fourth-order valence-electron chi connectivity index (χ4n) is 2.36. The predicted octanol–water partition coefficient (Wildman–Crippen LogP) is 2.72. The monoisotopic (exact) mass is 402 g/mol. The van der Waals surface area contributed by atoms with Crippen molar-refractivity contribution >= 4 is 46.6 Å². The number of rotatable bonds is 6. The van der Waals surface area contributed by atoms with Crippen LogP contribution in [-0.2, 0) is 16.0 Å². The number of thioether (sulfide) groups is 1. The number of benzene rings is 1. The highest BCUT2D eigenvalue weighted by Crippen LogP contribution is 2.22. The van der Waals surface area contributed by atoms with Gasteiger partial charge in [0, 0.05) is 6.20 Å². The summed E-state index contributed by atoms with van der Waals surface area (Å²) >= 11 is 6.85. The van der Waals surface area contributed by atoms with Crippen LogP contribution in [-0.4, -0.2) is 38.6 Å². The Balaban J connectivity index is 1.57. The molecule has 0 saturated carbocycles. The number of amides is 1. The zero-order chi connectivity index (χ0) is 19.2. The second kappa shape index (κ2) is 8.79. The van der Waals surface area contributed by atoms with Crippen LogP contribution >= 0.6 is 23.4 Å². The fourth-order valence-corrected chi connectivity index (χ4v) is 3.39. The Hall–Kier alpha value is -2.71. The molecule has 1 fully saturated rings. The molecule has 138 valence electrons. The first kappa shape index (κ1) is 19.1. The average Bonchev–Trinajstić information content (AvgIpc) is 2.97. The van der Waals surface area contributed by atoms with Gasteiger partial charge in [0.25, 0.3) is 0 Å². The molecule has 1 amide bonds. The number of carbonyl (C=O) groups excluding carboxylic acids is 1. The summed E-state index contributed by atoms with van der Waals surface area (Å²) in [4.78, 5) is 26.4. The minimum atomic E-state index is -1.03. The Morgan fingerprint density at radius 2 is 2.00 bits per heavy atom. The SMILES string of the molecule is O=C(O)CC1SC(=NN=Cc2ccc(Cc3ccc(Cl)nc3)cc2)NC1=O. The summed E-state index contributed by atoms with van der Waals surface area (Å²) in [6, 6.07) is 11.5. The highest BCUT2D eigenvalue weighted by atomic mass is 35.5. The first-order valence-corrected chi connectivity index (χ1v) is 9.25. The van der Waals surface area contributed by atoms with Crippen molar-refractivity contribution in [3.8, 4) is 0 Å². The normalized spacial score (nSPS) is 18.2. The molecule has 0 radical (unpaired) electrons. The van der Waals surface area contributed by atoms with E-state index in [9.17, 15) is 9.59 Å². The van der Waals surface area contributed by atoms with Gasteiger partial charge in [-0.2, -0.15) is 5.10 Å². The molecule has 1 aliphatic heterocycles. The van der Waals surface area contributed by atoms with Crippen LogP contribution in [0.25, 0.3) is 0 Å². The molecular weight excluding hydrogens is 388 g/mol. The van der Waals surface area contributed by atoms with Crippen LogP contribution in [0.5, 0.6) is 0 Å². The van der Waals surface area contributed by atoms with Crippen molar-refractivity contribution < 1.29 is 14.7 Å². The lowest BCUT2D eigenvalue weighted by atomic mass is 10.1. The number of nitrogens with zero attached hydrogens (tertiary/aromatic N) is 3. The van der Waals surface area contributed by atoms with Crippen LogP contribution < -0.4 is 5.32 Å². The van der Waals surface area contributed by atoms with E-state index in [1.54, 1.807) is 18.5 Å². The number of halogens is 1. The number of hydrogen-bond donors (Lipinski definition) is 2. The Morgan fingerprint density at radius 3 is 2.67 bits per heavy atom. The second-order valence-electron chi connectivity index (χ2n) is 5.75. The van der Waals surface area contributed by atoms with E-state index in [4.69, 9.17) is 16.7 Å². The topological polar surface area (TPSA) is 104 Å². The number of nitrogens with one attached hydrogen (secondary N) is 1. The molecule has 0 spiro atoms. The molecule has 2 N–H and O–H groups in total. The van der Waals surface area contributed by atoms with Crippen LogP contribution in [0.15, 0.2) is 52.8 Å². The lowest BCUT2D eigenvalue weighted by molar-refractivity contribution is -0.138. The maximum Gasteiger partial charge on any atom is 0.305 e. The van der Waals surface area contributed by atoms with Crippen molar-refractivity contribution in [3.63, 3.8) is 0 Å². The number of carboxylic acid groups (broad SMARTS) is 1. The van der Waals surface area contributed by atoms with Gasteiger partial charge in [0.15, 0.2) is 5.17 Å². The van der Waals surface area contributed by atoms with E-state index < -0.39 is 11.2 Å². The van der Waals surface area contributed by atoms with Crippen LogP contribution in [0.1, 0.15) is 23.1 Å². The van der Waals surface area contributed by atoms with Gasteiger partial charge in [0.1, 0.15) is 10.4 Å². The number of aliphatic carboxylic acids is 1. The Labute approximate surface area is 164 Å². The smallest absolute Gasteiger partial charge is 0.305 e. The third-order valence-corrected chi connectivity index (χ3v) is 4.96. The largest absolute Gasteiger partial charge is 0.481 e. The molecule has 7 nitrogen and oxygen atoms in total. The van der Waals surface area contributed by atoms with Crippen molar-refractivity contribution in [2.24, 2.45) is 10.2 Å². The molecule has 1 aromatic heterocycles. The quantitative estimate of drug-likeness (QED) is 0.439. The highest BCUT2D eigenvalue weighted by molar-refractivity contribution is 8.15. The van der Waals surface area contributed by atoms with Crippen molar-refractivity contribution in [1.82, 2.24) is 10.3 Å². The molecule has 27 heavy (non-hydrogen) atoms. The van der Waals surface area contributed by atoms with Crippen molar-refractivity contribution in [1.29, 1.82) is 0 Å². The van der Waals surface area contributed by atoms with Gasteiger partial charge in [-0.05, 0) is 29.2 Å². The van der Waals surface area contributed by atoms with Crippen molar-refractivity contribution in [2.45, 2.75) is 18.1 Å². The first-order valence-electron chi connectivity index (χ1n) is 7.99. The molecule has 1 aromatic carbocycles. The number of amidine groups is 1. The van der Waals surface area contributed by atoms with E-state index in [1.807, 2.05) is 30.3 Å². The van der Waals surface area contributed by atoms with E-state index in [-0.39, 0.29) is 12.3 Å². The zero-order valence-electron chi connectivity index (χ0n) is 14.0. The van der Waals surface area contributed by atoms with E-state index in [2.05, 4.69) is 20.5 Å². The van der Waals surface area contributed by atoms with Gasteiger partial charge in [0.05, 0.1) is 12.6 Å². The minimum Gasteiger partial charge on any atom is -0.481 e. The molecule has 0 bridgehead atoms. The van der Waals surface area contributed by atoms with Gasteiger partial charge in [-0.25, -0.2) is 4.98 Å². The van der Waals surface area contributed by atoms with Crippen molar-refractivity contribution in [3.05, 3.63) is 64.4 Å². The summed E-state index contributed by atoms with van der Waals surface area (Å²) in [6.07, 6.45) is 3.82. The molecule has 3 rings (SSSR count). The van der Waals surface area contributed by atoms with E-state index in [0.29, 0.717) is 10.3 Å². The van der Waals surface area contributed by atoms with Crippen LogP contribution in [0.2, 0.25) is 5.15 Å².